The summed E-state index contributed by atoms with van der Waals surface area (Å²) in [5, 5.41) is 3.88. The molecule has 164 valence electrons. The minimum Gasteiger partial charge on any atom is -0.347 e. The highest BCUT2D eigenvalue weighted by Crippen LogP contribution is 2.19. The third-order valence-corrected chi connectivity index (χ3v) is 8.57. The first-order chi connectivity index (χ1) is 14.7. The van der Waals surface area contributed by atoms with E-state index in [1.54, 1.807) is 0 Å². The zero-order valence-corrected chi connectivity index (χ0v) is 18.3. The number of hydrogen-bond acceptors (Lipinski definition) is 5. The molecule has 1 unspecified atom stereocenters. The smallest absolute Gasteiger partial charge is 0.240 e. The number of nitrogens with one attached hydrogen (secondary N) is 2. The Kier molecular flexibility index (Phi) is 5.87. The first-order valence-corrected chi connectivity index (χ1v) is 13.2. The molecule has 4 rings (SSSR count). The predicted molar refractivity (Wildman–Crippen MR) is 119 cm³/mol. The van der Waals surface area contributed by atoms with Crippen LogP contribution in [-0.4, -0.2) is 44.9 Å². The summed E-state index contributed by atoms with van der Waals surface area (Å²) in [6, 6.07) is 15.1. The van der Waals surface area contributed by atoms with Gasteiger partial charge in [0.2, 0.25) is 15.9 Å². The lowest BCUT2D eigenvalue weighted by Gasteiger charge is -2.12. The summed E-state index contributed by atoms with van der Waals surface area (Å²) >= 11 is 0. The highest BCUT2D eigenvalue weighted by molar-refractivity contribution is 7.92. The number of amides is 1. The van der Waals surface area contributed by atoms with E-state index in [9.17, 15) is 21.6 Å². The SMILES string of the molecule is O=C(CCn1ccc2ccccc21)Nc1ccc(S(=O)(=O)NC2CCS(=O)(=O)C2)cc1. The first kappa shape index (κ1) is 21.5. The number of sulfonamides is 1. The van der Waals surface area contributed by atoms with Gasteiger partial charge in [0.1, 0.15) is 0 Å². The molecular formula is C21H23N3O5S2. The lowest BCUT2D eigenvalue weighted by Crippen LogP contribution is -2.35. The van der Waals surface area contributed by atoms with Gasteiger partial charge in [0, 0.05) is 36.4 Å². The van der Waals surface area contributed by atoms with Gasteiger partial charge in [0.05, 0.1) is 16.4 Å². The van der Waals surface area contributed by atoms with Crippen LogP contribution in [0.25, 0.3) is 10.9 Å². The van der Waals surface area contributed by atoms with E-state index in [-0.39, 0.29) is 35.2 Å². The second-order valence-corrected chi connectivity index (χ2v) is 11.6. The fourth-order valence-electron chi connectivity index (χ4n) is 3.67. The Morgan fingerprint density at radius 3 is 2.52 bits per heavy atom. The van der Waals surface area contributed by atoms with Crippen LogP contribution >= 0.6 is 0 Å². The van der Waals surface area contributed by atoms with Gasteiger partial charge in [-0.1, -0.05) is 18.2 Å². The number of rotatable bonds is 7. The molecule has 1 atom stereocenters. The van der Waals surface area contributed by atoms with Crippen molar-refractivity contribution in [2.75, 3.05) is 16.8 Å². The van der Waals surface area contributed by atoms with Crippen molar-refractivity contribution in [2.45, 2.75) is 30.3 Å². The quantitative estimate of drug-likeness (QED) is 0.560. The summed E-state index contributed by atoms with van der Waals surface area (Å²) in [6.45, 7) is 0.528. The van der Waals surface area contributed by atoms with Gasteiger partial charge >= 0.3 is 0 Å². The molecule has 2 N–H and O–H groups in total. The van der Waals surface area contributed by atoms with E-state index >= 15 is 0 Å². The Hall–Kier alpha value is -2.69. The van der Waals surface area contributed by atoms with Gasteiger partial charge in [-0.15, -0.1) is 0 Å². The van der Waals surface area contributed by atoms with Crippen molar-refractivity contribution < 1.29 is 21.6 Å². The number of hydrogen-bond donors (Lipinski definition) is 2. The van der Waals surface area contributed by atoms with Crippen LogP contribution in [0.5, 0.6) is 0 Å². The molecule has 0 radical (unpaired) electrons. The summed E-state index contributed by atoms with van der Waals surface area (Å²) in [5.41, 5.74) is 1.55. The van der Waals surface area contributed by atoms with E-state index in [2.05, 4.69) is 10.0 Å². The fraction of sp³-hybridized carbons (Fsp3) is 0.286. The summed E-state index contributed by atoms with van der Waals surface area (Å²) in [4.78, 5) is 12.3. The summed E-state index contributed by atoms with van der Waals surface area (Å²) < 4.78 is 52.5. The summed E-state index contributed by atoms with van der Waals surface area (Å²) in [6.07, 6.45) is 2.49. The number of aryl methyl sites for hydroxylation is 1. The Balaban J connectivity index is 1.34. The van der Waals surface area contributed by atoms with E-state index in [1.165, 1.54) is 24.3 Å². The lowest BCUT2D eigenvalue weighted by molar-refractivity contribution is -0.116. The zero-order valence-electron chi connectivity index (χ0n) is 16.7. The maximum absolute atomic E-state index is 12.5. The zero-order chi connectivity index (χ0) is 22.1. The van der Waals surface area contributed by atoms with Gasteiger partial charge in [-0.05, 0) is 48.2 Å². The first-order valence-electron chi connectivity index (χ1n) is 9.88. The van der Waals surface area contributed by atoms with E-state index < -0.39 is 25.9 Å². The van der Waals surface area contributed by atoms with Gasteiger partial charge in [0.15, 0.2) is 9.84 Å². The van der Waals surface area contributed by atoms with Crippen molar-refractivity contribution >= 4 is 42.4 Å². The molecule has 8 nitrogen and oxygen atoms in total. The lowest BCUT2D eigenvalue weighted by atomic mass is 10.2. The number of nitrogens with zero attached hydrogens (tertiary/aromatic N) is 1. The number of carbonyl (C=O) groups is 1. The molecule has 2 heterocycles. The molecule has 1 saturated heterocycles. The summed E-state index contributed by atoms with van der Waals surface area (Å²) in [7, 11) is -7.01. The van der Waals surface area contributed by atoms with Crippen LogP contribution in [0.3, 0.4) is 0 Å². The Morgan fingerprint density at radius 1 is 1.06 bits per heavy atom. The largest absolute Gasteiger partial charge is 0.347 e. The van der Waals surface area contributed by atoms with Gasteiger partial charge in [0.25, 0.3) is 0 Å². The highest BCUT2D eigenvalue weighted by Gasteiger charge is 2.31. The second kappa shape index (κ2) is 8.45. The average molecular weight is 462 g/mol. The second-order valence-electron chi connectivity index (χ2n) is 7.61. The Labute approximate surface area is 181 Å². The number of carbonyl (C=O) groups excluding carboxylic acids is 1. The van der Waals surface area contributed by atoms with Crippen LogP contribution in [0.15, 0.2) is 65.7 Å². The van der Waals surface area contributed by atoms with E-state index in [4.69, 9.17) is 0 Å². The number of benzene rings is 2. The van der Waals surface area contributed by atoms with Crippen molar-refractivity contribution in [1.82, 2.24) is 9.29 Å². The molecule has 1 amide bonds. The molecule has 1 aliphatic rings. The molecule has 3 aromatic rings. The molecule has 2 aromatic carbocycles. The van der Waals surface area contributed by atoms with Crippen molar-refractivity contribution in [3.8, 4) is 0 Å². The van der Waals surface area contributed by atoms with Gasteiger partial charge < -0.3 is 9.88 Å². The molecule has 1 fully saturated rings. The average Bonchev–Trinajstić information content (AvgIpc) is 3.29. The Bertz CT molecular complexity index is 1310. The fourth-order valence-corrected chi connectivity index (χ4v) is 6.72. The topological polar surface area (TPSA) is 114 Å². The maximum Gasteiger partial charge on any atom is 0.240 e. The van der Waals surface area contributed by atoms with Crippen molar-refractivity contribution in [3.05, 3.63) is 60.8 Å². The summed E-state index contributed by atoms with van der Waals surface area (Å²) in [5.74, 6) is -0.372. The monoisotopic (exact) mass is 461 g/mol. The number of aromatic nitrogens is 1. The Morgan fingerprint density at radius 2 is 1.81 bits per heavy atom. The van der Waals surface area contributed by atoms with Crippen LogP contribution in [0.2, 0.25) is 0 Å². The van der Waals surface area contributed by atoms with E-state index in [0.717, 1.165) is 10.9 Å². The van der Waals surface area contributed by atoms with Gasteiger partial charge in [-0.3, -0.25) is 4.79 Å². The highest BCUT2D eigenvalue weighted by atomic mass is 32.2. The number of sulfone groups is 1. The van der Waals surface area contributed by atoms with Crippen molar-refractivity contribution in [2.24, 2.45) is 0 Å². The molecule has 1 aliphatic heterocycles. The van der Waals surface area contributed by atoms with Crippen LogP contribution in [0.4, 0.5) is 5.69 Å². The number of para-hydroxylation sites is 1. The van der Waals surface area contributed by atoms with Gasteiger partial charge in [-0.2, -0.15) is 0 Å². The minimum atomic E-state index is -3.83. The molecule has 10 heteroatoms. The molecule has 0 aliphatic carbocycles. The molecule has 0 bridgehead atoms. The van der Waals surface area contributed by atoms with Crippen LogP contribution in [0, 0.1) is 0 Å². The van der Waals surface area contributed by atoms with E-state index in [0.29, 0.717) is 12.2 Å². The third-order valence-electron chi connectivity index (χ3n) is 5.26. The number of fused-ring (bicyclic) bond motifs is 1. The van der Waals surface area contributed by atoms with Crippen molar-refractivity contribution in [3.63, 3.8) is 0 Å². The maximum atomic E-state index is 12.5. The molecule has 31 heavy (non-hydrogen) atoms. The molecule has 0 saturated carbocycles. The van der Waals surface area contributed by atoms with Crippen molar-refractivity contribution in [1.29, 1.82) is 0 Å². The normalized spacial score (nSPS) is 18.3. The van der Waals surface area contributed by atoms with E-state index in [1.807, 2.05) is 41.1 Å². The van der Waals surface area contributed by atoms with Crippen LogP contribution in [0.1, 0.15) is 12.8 Å². The predicted octanol–water partition coefficient (Wildman–Crippen LogP) is 2.14. The molecular weight excluding hydrogens is 438 g/mol. The third kappa shape index (κ3) is 5.15. The number of anilines is 1. The van der Waals surface area contributed by atoms with Gasteiger partial charge in [-0.25, -0.2) is 21.6 Å². The minimum absolute atomic E-state index is 0.00996. The standard InChI is InChI=1S/C21H23N3O5S2/c25-21(10-13-24-12-9-16-3-1-2-4-20(16)24)22-17-5-7-19(8-6-17)31(28,29)23-18-11-14-30(26,27)15-18/h1-9,12,18,23H,10-11,13-15H2,(H,22,25). The van der Waals surface area contributed by atoms with Crippen LogP contribution < -0.4 is 10.0 Å². The van der Waals surface area contributed by atoms with Crippen LogP contribution in [-0.2, 0) is 31.2 Å². The molecule has 0 spiro atoms. The molecule has 1 aromatic heterocycles.